The van der Waals surface area contributed by atoms with Crippen molar-refractivity contribution in [3.05, 3.63) is 54.0 Å². The Morgan fingerprint density at radius 2 is 2.13 bits per heavy atom. The summed E-state index contributed by atoms with van der Waals surface area (Å²) in [4.78, 5) is 11.7. The van der Waals surface area contributed by atoms with Crippen LogP contribution in [0.3, 0.4) is 0 Å². The number of hydrogen-bond donors (Lipinski definition) is 2. The lowest BCUT2D eigenvalue weighted by molar-refractivity contribution is -0.0678. The molecular weight excluding hydrogens is 390 g/mol. The van der Waals surface area contributed by atoms with Gasteiger partial charge in [0.2, 0.25) is 5.95 Å². The van der Waals surface area contributed by atoms with Crippen LogP contribution in [0.5, 0.6) is 0 Å². The molecule has 2 aromatic heterocycles. The Kier molecular flexibility index (Phi) is 5.67. The standard InChI is InChI=1S/C23H29N7O/c1-3-30-13-18(11-26-30)27-23-25-8-6-21(28-23)16-4-5-20-17(10-16)12-29(19-14-31-15-19)9-7-22(20)24-2/h4-6,8,10-11,13,19,22,24H,3,7,9,12,14-15H2,1-2H3,(H,25,27,28). The van der Waals surface area contributed by atoms with Gasteiger partial charge in [-0.3, -0.25) is 9.58 Å². The summed E-state index contributed by atoms with van der Waals surface area (Å²) in [5.41, 5.74) is 5.64. The number of ether oxygens (including phenoxy) is 1. The topological polar surface area (TPSA) is 80.1 Å². The van der Waals surface area contributed by atoms with Crippen LogP contribution < -0.4 is 10.6 Å². The number of nitrogens with zero attached hydrogens (tertiary/aromatic N) is 5. The van der Waals surface area contributed by atoms with E-state index >= 15 is 0 Å². The molecule has 5 rings (SSSR count). The fourth-order valence-corrected chi connectivity index (χ4v) is 4.35. The van der Waals surface area contributed by atoms with E-state index in [4.69, 9.17) is 9.72 Å². The van der Waals surface area contributed by atoms with E-state index < -0.39 is 0 Å². The van der Waals surface area contributed by atoms with Gasteiger partial charge in [0.1, 0.15) is 0 Å². The molecule has 1 saturated heterocycles. The summed E-state index contributed by atoms with van der Waals surface area (Å²) in [6, 6.07) is 9.59. The smallest absolute Gasteiger partial charge is 0.227 e. The summed E-state index contributed by atoms with van der Waals surface area (Å²) >= 11 is 0. The number of fused-ring (bicyclic) bond motifs is 1. The molecule has 2 aliphatic heterocycles. The Hall–Kier alpha value is -2.81. The lowest BCUT2D eigenvalue weighted by atomic mass is 9.96. The van der Waals surface area contributed by atoms with Crippen LogP contribution in [-0.2, 0) is 17.8 Å². The second-order valence-electron chi connectivity index (χ2n) is 8.18. The average Bonchev–Trinajstić information content (AvgIpc) is 3.13. The number of anilines is 2. The highest BCUT2D eigenvalue weighted by atomic mass is 16.5. The summed E-state index contributed by atoms with van der Waals surface area (Å²) < 4.78 is 7.32. The van der Waals surface area contributed by atoms with E-state index in [-0.39, 0.29) is 0 Å². The molecule has 2 aliphatic rings. The molecule has 0 saturated carbocycles. The molecule has 31 heavy (non-hydrogen) atoms. The van der Waals surface area contributed by atoms with E-state index in [1.54, 1.807) is 12.4 Å². The van der Waals surface area contributed by atoms with Crippen LogP contribution in [0.1, 0.15) is 30.5 Å². The van der Waals surface area contributed by atoms with Crippen molar-refractivity contribution in [2.45, 2.75) is 38.5 Å². The third-order valence-electron chi connectivity index (χ3n) is 6.25. The van der Waals surface area contributed by atoms with Crippen LogP contribution in [0.2, 0.25) is 0 Å². The second-order valence-corrected chi connectivity index (χ2v) is 8.18. The van der Waals surface area contributed by atoms with Gasteiger partial charge in [0.15, 0.2) is 0 Å². The van der Waals surface area contributed by atoms with Crippen molar-refractivity contribution in [3.8, 4) is 11.3 Å². The first-order valence-electron chi connectivity index (χ1n) is 11.0. The summed E-state index contributed by atoms with van der Waals surface area (Å²) in [7, 11) is 2.05. The van der Waals surface area contributed by atoms with Gasteiger partial charge in [-0.15, -0.1) is 0 Å². The number of aromatic nitrogens is 4. The second kappa shape index (κ2) is 8.74. The molecule has 2 N–H and O–H groups in total. The van der Waals surface area contributed by atoms with Crippen molar-refractivity contribution in [1.29, 1.82) is 0 Å². The van der Waals surface area contributed by atoms with E-state index in [1.807, 2.05) is 24.0 Å². The maximum Gasteiger partial charge on any atom is 0.227 e. The van der Waals surface area contributed by atoms with Crippen molar-refractivity contribution in [3.63, 3.8) is 0 Å². The van der Waals surface area contributed by atoms with Gasteiger partial charge in [-0.25, -0.2) is 9.97 Å². The maximum absolute atomic E-state index is 5.45. The molecule has 1 atom stereocenters. The Bertz CT molecular complexity index is 1050. The SMILES string of the molecule is CCn1cc(Nc2nccc(-c3ccc4c(c3)CN(C3COC3)CCC4NC)n2)cn1. The predicted molar refractivity (Wildman–Crippen MR) is 120 cm³/mol. The first kappa shape index (κ1) is 20.1. The lowest BCUT2D eigenvalue weighted by Crippen LogP contribution is -2.48. The van der Waals surface area contributed by atoms with Crippen LogP contribution in [0.25, 0.3) is 11.3 Å². The van der Waals surface area contributed by atoms with Gasteiger partial charge in [-0.05, 0) is 43.7 Å². The highest BCUT2D eigenvalue weighted by Crippen LogP contribution is 2.32. The predicted octanol–water partition coefficient (Wildman–Crippen LogP) is 2.97. The van der Waals surface area contributed by atoms with Gasteiger partial charge in [0.05, 0.1) is 36.8 Å². The minimum absolute atomic E-state index is 0.368. The van der Waals surface area contributed by atoms with E-state index in [9.17, 15) is 0 Å². The number of aryl methyl sites for hydroxylation is 1. The maximum atomic E-state index is 5.45. The Balaban J connectivity index is 1.42. The van der Waals surface area contributed by atoms with Crippen molar-refractivity contribution in [1.82, 2.24) is 30.0 Å². The van der Waals surface area contributed by atoms with Gasteiger partial charge in [-0.2, -0.15) is 5.10 Å². The minimum Gasteiger partial charge on any atom is -0.378 e. The van der Waals surface area contributed by atoms with Crippen LogP contribution in [0.4, 0.5) is 11.6 Å². The average molecular weight is 420 g/mol. The first-order valence-corrected chi connectivity index (χ1v) is 11.0. The number of benzene rings is 1. The summed E-state index contributed by atoms with van der Waals surface area (Å²) in [6.45, 7) is 6.60. The van der Waals surface area contributed by atoms with Crippen LogP contribution in [0.15, 0.2) is 42.9 Å². The monoisotopic (exact) mass is 419 g/mol. The fraction of sp³-hybridized carbons (Fsp3) is 0.435. The van der Waals surface area contributed by atoms with Gasteiger partial charge >= 0.3 is 0 Å². The van der Waals surface area contributed by atoms with E-state index in [0.29, 0.717) is 18.0 Å². The van der Waals surface area contributed by atoms with E-state index in [1.165, 1.54) is 11.1 Å². The first-order chi connectivity index (χ1) is 15.2. The molecule has 0 amide bonds. The van der Waals surface area contributed by atoms with E-state index in [2.05, 4.69) is 50.7 Å². The molecule has 1 unspecified atom stereocenters. The molecular formula is C23H29N7O. The molecule has 1 aromatic carbocycles. The third-order valence-corrected chi connectivity index (χ3v) is 6.25. The Morgan fingerprint density at radius 1 is 1.23 bits per heavy atom. The largest absolute Gasteiger partial charge is 0.378 e. The molecule has 4 heterocycles. The zero-order valence-corrected chi connectivity index (χ0v) is 18.1. The van der Waals surface area contributed by atoms with Crippen LogP contribution >= 0.6 is 0 Å². The number of nitrogens with one attached hydrogen (secondary N) is 2. The highest BCUT2D eigenvalue weighted by molar-refractivity contribution is 5.63. The van der Waals surface area contributed by atoms with Gasteiger partial charge in [-0.1, -0.05) is 12.1 Å². The molecule has 0 spiro atoms. The van der Waals surface area contributed by atoms with Crippen molar-refractivity contribution < 1.29 is 4.74 Å². The van der Waals surface area contributed by atoms with Crippen LogP contribution in [-0.4, -0.2) is 57.5 Å². The fourth-order valence-electron chi connectivity index (χ4n) is 4.35. The zero-order valence-electron chi connectivity index (χ0n) is 18.1. The van der Waals surface area contributed by atoms with Gasteiger partial charge < -0.3 is 15.4 Å². The Labute approximate surface area is 182 Å². The summed E-state index contributed by atoms with van der Waals surface area (Å²) in [6.07, 6.45) is 6.65. The van der Waals surface area contributed by atoms with Crippen molar-refractivity contribution in [2.24, 2.45) is 0 Å². The highest BCUT2D eigenvalue weighted by Gasteiger charge is 2.30. The number of rotatable bonds is 6. The Morgan fingerprint density at radius 3 is 2.87 bits per heavy atom. The van der Waals surface area contributed by atoms with Gasteiger partial charge in [0, 0.05) is 43.6 Å². The quantitative estimate of drug-likeness (QED) is 0.636. The normalized spacial score (nSPS) is 19.5. The molecule has 8 nitrogen and oxygen atoms in total. The molecule has 3 aromatic rings. The summed E-state index contributed by atoms with van der Waals surface area (Å²) in [5, 5.41) is 11.0. The molecule has 0 radical (unpaired) electrons. The summed E-state index contributed by atoms with van der Waals surface area (Å²) in [5.74, 6) is 0.574. The zero-order chi connectivity index (χ0) is 21.2. The number of hydrogen-bond acceptors (Lipinski definition) is 7. The van der Waals surface area contributed by atoms with Crippen molar-refractivity contribution >= 4 is 11.6 Å². The van der Waals surface area contributed by atoms with Crippen molar-refractivity contribution in [2.75, 3.05) is 32.1 Å². The lowest BCUT2D eigenvalue weighted by Gasteiger charge is -2.36. The van der Waals surface area contributed by atoms with Gasteiger partial charge in [0.25, 0.3) is 0 Å². The molecule has 0 aliphatic carbocycles. The molecule has 8 heteroatoms. The van der Waals surface area contributed by atoms with E-state index in [0.717, 1.165) is 56.2 Å². The minimum atomic E-state index is 0.368. The third kappa shape index (κ3) is 4.19. The molecule has 162 valence electrons. The molecule has 0 bridgehead atoms. The van der Waals surface area contributed by atoms with Crippen LogP contribution in [0, 0.1) is 0 Å². The molecule has 1 fully saturated rings.